The maximum atomic E-state index is 11.2. The van der Waals surface area contributed by atoms with Crippen molar-refractivity contribution >= 4 is 21.9 Å². The number of rotatable bonds is 4. The van der Waals surface area contributed by atoms with Crippen LogP contribution in [0.4, 0.5) is 0 Å². The first kappa shape index (κ1) is 10.9. The molecule has 5 heteroatoms. The zero-order valence-corrected chi connectivity index (χ0v) is 9.13. The number of ether oxygens (including phenoxy) is 3. The molecule has 0 aromatic carbocycles. The summed E-state index contributed by atoms with van der Waals surface area (Å²) in [5.74, 6) is -1.09. The minimum atomic E-state index is -0.799. The van der Waals surface area contributed by atoms with Gasteiger partial charge in [-0.3, -0.25) is 4.79 Å². The number of carbonyl (C=O) groups excluding carboxylic acids is 1. The van der Waals surface area contributed by atoms with E-state index in [2.05, 4.69) is 15.9 Å². The van der Waals surface area contributed by atoms with Crippen LogP contribution in [0, 0.1) is 0 Å². The minimum Gasteiger partial charge on any atom is -0.466 e. The molecule has 0 aliphatic carbocycles. The molecule has 0 saturated carbocycles. The van der Waals surface area contributed by atoms with Gasteiger partial charge in [0.05, 0.1) is 25.2 Å². The molecule has 0 aromatic rings. The highest BCUT2D eigenvalue weighted by molar-refractivity contribution is 9.09. The van der Waals surface area contributed by atoms with Crippen molar-refractivity contribution in [1.82, 2.24) is 0 Å². The van der Waals surface area contributed by atoms with Crippen molar-refractivity contribution in [2.75, 3.05) is 25.2 Å². The summed E-state index contributed by atoms with van der Waals surface area (Å²) in [6.07, 6.45) is 0.145. The fraction of sp³-hybridized carbons (Fsp3) is 0.875. The topological polar surface area (TPSA) is 44.8 Å². The molecular formula is C8H13BrO4. The SMILES string of the molecule is CCOC(=O)CC1(CBr)OCCO1. The Labute approximate surface area is 85.7 Å². The first-order valence-corrected chi connectivity index (χ1v) is 5.34. The van der Waals surface area contributed by atoms with Gasteiger partial charge in [-0.05, 0) is 6.92 Å². The van der Waals surface area contributed by atoms with Gasteiger partial charge in [0.2, 0.25) is 0 Å². The van der Waals surface area contributed by atoms with E-state index in [1.54, 1.807) is 6.92 Å². The van der Waals surface area contributed by atoms with Crippen LogP contribution in [0.15, 0.2) is 0 Å². The van der Waals surface area contributed by atoms with Crippen molar-refractivity contribution < 1.29 is 19.0 Å². The first-order valence-electron chi connectivity index (χ1n) is 4.22. The Morgan fingerprint density at radius 3 is 2.62 bits per heavy atom. The van der Waals surface area contributed by atoms with Crippen LogP contribution in [0.25, 0.3) is 0 Å². The van der Waals surface area contributed by atoms with E-state index in [1.165, 1.54) is 0 Å². The quantitative estimate of drug-likeness (QED) is 0.555. The molecule has 1 heterocycles. The molecule has 1 fully saturated rings. The van der Waals surface area contributed by atoms with Gasteiger partial charge in [-0.25, -0.2) is 0 Å². The third-order valence-corrected chi connectivity index (χ3v) is 2.59. The van der Waals surface area contributed by atoms with E-state index in [9.17, 15) is 4.79 Å². The van der Waals surface area contributed by atoms with E-state index in [-0.39, 0.29) is 12.4 Å². The number of halogens is 1. The Morgan fingerprint density at radius 2 is 2.15 bits per heavy atom. The first-order chi connectivity index (χ1) is 6.22. The zero-order valence-electron chi connectivity index (χ0n) is 7.55. The van der Waals surface area contributed by atoms with Crippen molar-refractivity contribution in [3.8, 4) is 0 Å². The smallest absolute Gasteiger partial charge is 0.311 e. The highest BCUT2D eigenvalue weighted by atomic mass is 79.9. The Hall–Kier alpha value is -0.130. The van der Waals surface area contributed by atoms with Crippen molar-refractivity contribution in [3.05, 3.63) is 0 Å². The van der Waals surface area contributed by atoms with Crippen LogP contribution in [0.5, 0.6) is 0 Å². The highest BCUT2D eigenvalue weighted by Crippen LogP contribution is 2.25. The lowest BCUT2D eigenvalue weighted by Gasteiger charge is -2.23. The highest BCUT2D eigenvalue weighted by Gasteiger charge is 2.38. The minimum absolute atomic E-state index is 0.145. The van der Waals surface area contributed by atoms with E-state index in [0.29, 0.717) is 25.2 Å². The van der Waals surface area contributed by atoms with Gasteiger partial charge in [0, 0.05) is 0 Å². The van der Waals surface area contributed by atoms with Crippen LogP contribution >= 0.6 is 15.9 Å². The molecule has 0 aromatic heterocycles. The van der Waals surface area contributed by atoms with Crippen LogP contribution in [-0.4, -0.2) is 36.9 Å². The van der Waals surface area contributed by atoms with E-state index >= 15 is 0 Å². The van der Waals surface area contributed by atoms with Gasteiger partial charge in [-0.15, -0.1) is 0 Å². The third kappa shape index (κ3) is 2.93. The predicted molar refractivity (Wildman–Crippen MR) is 49.7 cm³/mol. The lowest BCUT2D eigenvalue weighted by Crippen LogP contribution is -2.35. The molecule has 0 radical (unpaired) electrons. The van der Waals surface area contributed by atoms with Crippen LogP contribution in [-0.2, 0) is 19.0 Å². The van der Waals surface area contributed by atoms with Gasteiger partial charge in [-0.1, -0.05) is 15.9 Å². The molecule has 1 aliphatic rings. The summed E-state index contributed by atoms with van der Waals surface area (Å²) in [6.45, 7) is 3.22. The Bertz CT molecular complexity index is 177. The molecule has 0 unspecified atom stereocenters. The molecule has 0 spiro atoms. The molecule has 0 atom stereocenters. The van der Waals surface area contributed by atoms with Gasteiger partial charge in [0.15, 0.2) is 5.79 Å². The maximum Gasteiger partial charge on any atom is 0.311 e. The van der Waals surface area contributed by atoms with Crippen molar-refractivity contribution in [3.63, 3.8) is 0 Å². The summed E-state index contributed by atoms with van der Waals surface area (Å²) < 4.78 is 15.5. The average Bonchev–Trinajstić information content (AvgIpc) is 2.54. The van der Waals surface area contributed by atoms with Crippen LogP contribution in [0.2, 0.25) is 0 Å². The molecule has 4 nitrogen and oxygen atoms in total. The number of alkyl halides is 1. The molecule has 0 amide bonds. The van der Waals surface area contributed by atoms with Gasteiger partial charge in [0.25, 0.3) is 0 Å². The third-order valence-electron chi connectivity index (χ3n) is 1.74. The molecule has 1 saturated heterocycles. The standard InChI is InChI=1S/C8H13BrO4/c1-2-11-7(10)5-8(6-9)12-3-4-13-8/h2-6H2,1H3. The monoisotopic (exact) mass is 252 g/mol. The van der Waals surface area contributed by atoms with E-state index in [4.69, 9.17) is 14.2 Å². The van der Waals surface area contributed by atoms with E-state index in [1.807, 2.05) is 0 Å². The van der Waals surface area contributed by atoms with Gasteiger partial charge < -0.3 is 14.2 Å². The molecular weight excluding hydrogens is 240 g/mol. The van der Waals surface area contributed by atoms with Crippen molar-refractivity contribution in [2.24, 2.45) is 0 Å². The lowest BCUT2D eigenvalue weighted by molar-refractivity contribution is -0.172. The van der Waals surface area contributed by atoms with Crippen molar-refractivity contribution in [1.29, 1.82) is 0 Å². The van der Waals surface area contributed by atoms with Gasteiger partial charge >= 0.3 is 5.97 Å². The molecule has 76 valence electrons. The Morgan fingerprint density at radius 1 is 1.54 bits per heavy atom. The Kier molecular flexibility index (Phi) is 4.15. The number of carbonyl (C=O) groups is 1. The lowest BCUT2D eigenvalue weighted by atomic mass is 10.2. The van der Waals surface area contributed by atoms with E-state index in [0.717, 1.165) is 0 Å². The Balaban J connectivity index is 2.43. The molecule has 1 aliphatic heterocycles. The zero-order chi connectivity index (χ0) is 9.73. The summed E-state index contributed by atoms with van der Waals surface area (Å²) in [5.41, 5.74) is 0. The second-order valence-electron chi connectivity index (χ2n) is 2.72. The number of hydrogen-bond donors (Lipinski definition) is 0. The molecule has 0 bridgehead atoms. The normalized spacial score (nSPS) is 20.2. The summed E-state index contributed by atoms with van der Waals surface area (Å²) in [5, 5.41) is 0.485. The maximum absolute atomic E-state index is 11.2. The van der Waals surface area contributed by atoms with Crippen LogP contribution < -0.4 is 0 Å². The summed E-state index contributed by atoms with van der Waals surface area (Å²) in [7, 11) is 0. The fourth-order valence-electron chi connectivity index (χ4n) is 1.16. The number of hydrogen-bond acceptors (Lipinski definition) is 4. The van der Waals surface area contributed by atoms with Gasteiger partial charge in [-0.2, -0.15) is 0 Å². The predicted octanol–water partition coefficient (Wildman–Crippen LogP) is 1.08. The fourth-order valence-corrected chi connectivity index (χ4v) is 1.68. The molecule has 1 rings (SSSR count). The second-order valence-corrected chi connectivity index (χ2v) is 3.28. The number of esters is 1. The van der Waals surface area contributed by atoms with Crippen LogP contribution in [0.1, 0.15) is 13.3 Å². The largest absolute Gasteiger partial charge is 0.466 e. The molecule has 0 N–H and O–H groups in total. The molecule has 13 heavy (non-hydrogen) atoms. The average molecular weight is 253 g/mol. The van der Waals surface area contributed by atoms with Gasteiger partial charge in [0.1, 0.15) is 6.42 Å². The van der Waals surface area contributed by atoms with Crippen molar-refractivity contribution in [2.45, 2.75) is 19.1 Å². The summed E-state index contributed by atoms with van der Waals surface area (Å²) in [4.78, 5) is 11.2. The summed E-state index contributed by atoms with van der Waals surface area (Å²) in [6, 6.07) is 0. The second kappa shape index (κ2) is 4.93. The van der Waals surface area contributed by atoms with Crippen LogP contribution in [0.3, 0.4) is 0 Å². The summed E-state index contributed by atoms with van der Waals surface area (Å²) >= 11 is 3.26. The van der Waals surface area contributed by atoms with E-state index < -0.39 is 5.79 Å².